The van der Waals surface area contributed by atoms with E-state index in [0.29, 0.717) is 33.8 Å². The Morgan fingerprint density at radius 1 is 1.04 bits per heavy atom. The first kappa shape index (κ1) is 37.5. The normalized spacial score (nSPS) is 18.1. The first-order valence-electron chi connectivity index (χ1n) is 15.4. The molecule has 0 radical (unpaired) electrons. The van der Waals surface area contributed by atoms with Crippen LogP contribution in [0.1, 0.15) is 37.4 Å². The van der Waals surface area contributed by atoms with E-state index in [1.54, 1.807) is 43.3 Å². The van der Waals surface area contributed by atoms with Crippen LogP contribution in [0, 0.1) is 11.3 Å². The molecule has 15 nitrogen and oxygen atoms in total. The first-order valence-corrected chi connectivity index (χ1v) is 15.7. The Kier molecular flexibility index (Phi) is 14.0. The highest BCUT2D eigenvalue weighted by Crippen LogP contribution is 2.40. The van der Waals surface area contributed by atoms with Gasteiger partial charge >= 0.3 is 5.37 Å². The molecule has 0 unspecified atom stereocenters. The number of carbonyl (C=O) groups excluding carboxylic acids is 5. The van der Waals surface area contributed by atoms with Crippen LogP contribution in [0.2, 0.25) is 0 Å². The fraction of sp³-hybridized carbons (Fsp3) is 0.438. The number of ether oxygens (including phenoxy) is 2. The van der Waals surface area contributed by atoms with Gasteiger partial charge in [0.25, 0.3) is 0 Å². The number of nitrogens with two attached hydrogens (primary N) is 2. The molecule has 0 aromatic heterocycles. The summed E-state index contributed by atoms with van der Waals surface area (Å²) in [7, 11) is 1.40. The van der Waals surface area contributed by atoms with Crippen LogP contribution in [-0.4, -0.2) is 91.9 Å². The van der Waals surface area contributed by atoms with Crippen LogP contribution < -0.4 is 42.2 Å². The highest BCUT2D eigenvalue weighted by atomic mass is 35.5. The van der Waals surface area contributed by atoms with Crippen LogP contribution in [0.5, 0.6) is 11.5 Å². The van der Waals surface area contributed by atoms with Crippen LogP contribution in [0.4, 0.5) is 4.79 Å². The summed E-state index contributed by atoms with van der Waals surface area (Å²) in [4.78, 5) is 66.9. The maximum atomic E-state index is 14.0. The standard InChI is InChI=1S/C32H41ClN8O7/c1-4-23(40-32(33)46)31(45)41(3)27-20-6-8-26(48-14-11-36)22(17-20)21-15-19(5-7-25(21)47-13-10-35)16-24(29(43)37-12-9-34)39-28(42)18(2)38-30(27)44/h5-8,15,17-18,23-24,27H,4,10-14,16,35-36H2,1-3H3,(H,37,43)(H,38,44)(H,39,42)(H,40,46)/t18-,23-,24-,27-/m0/s1. The number of nitrogens with zero attached hydrogens (tertiary/aromatic N) is 2. The summed E-state index contributed by atoms with van der Waals surface area (Å²) < 4.78 is 12.0. The molecule has 3 rings (SSSR count). The van der Waals surface area contributed by atoms with Crippen LogP contribution in [0.3, 0.4) is 0 Å². The molecule has 0 saturated carbocycles. The molecule has 0 saturated heterocycles. The lowest BCUT2D eigenvalue weighted by atomic mass is 9.93. The monoisotopic (exact) mass is 684 g/mol. The highest BCUT2D eigenvalue weighted by molar-refractivity contribution is 6.63. The average Bonchev–Trinajstić information content (AvgIpc) is 3.06. The number of carbonyl (C=O) groups is 5. The Morgan fingerprint density at radius 2 is 1.67 bits per heavy atom. The third-order valence-corrected chi connectivity index (χ3v) is 7.66. The zero-order valence-corrected chi connectivity index (χ0v) is 27.8. The van der Waals surface area contributed by atoms with E-state index >= 15 is 0 Å². The van der Waals surface area contributed by atoms with E-state index in [1.165, 1.54) is 14.0 Å². The summed E-state index contributed by atoms with van der Waals surface area (Å²) in [6.07, 6.45) is 0.201. The molecule has 2 aromatic carbocycles. The molecule has 0 fully saturated rings. The third kappa shape index (κ3) is 9.57. The molecule has 1 heterocycles. The van der Waals surface area contributed by atoms with E-state index in [4.69, 9.17) is 37.8 Å². The van der Waals surface area contributed by atoms with Gasteiger partial charge in [-0.1, -0.05) is 19.1 Å². The summed E-state index contributed by atoms with van der Waals surface area (Å²) in [5, 5.41) is 18.2. The second-order valence-electron chi connectivity index (χ2n) is 11.0. The maximum Gasteiger partial charge on any atom is 0.314 e. The van der Waals surface area contributed by atoms with Crippen molar-refractivity contribution in [2.24, 2.45) is 11.5 Å². The Balaban J connectivity index is 2.31. The molecule has 4 bridgehead atoms. The first-order chi connectivity index (χ1) is 22.9. The van der Waals surface area contributed by atoms with Gasteiger partial charge in [0.05, 0.1) is 6.07 Å². The number of likely N-dealkylation sites (N-methyl/N-ethyl adjacent to an activating group) is 1. The molecule has 258 valence electrons. The minimum absolute atomic E-state index is 0.0249. The maximum absolute atomic E-state index is 14.0. The van der Waals surface area contributed by atoms with Gasteiger partial charge in [-0.25, -0.2) is 0 Å². The van der Waals surface area contributed by atoms with Crippen LogP contribution in [0.15, 0.2) is 36.4 Å². The zero-order chi connectivity index (χ0) is 35.4. The van der Waals surface area contributed by atoms with Gasteiger partial charge in [-0.15, -0.1) is 0 Å². The van der Waals surface area contributed by atoms with Crippen molar-refractivity contribution in [1.29, 1.82) is 5.26 Å². The molecule has 0 aliphatic carbocycles. The van der Waals surface area contributed by atoms with Crippen molar-refractivity contribution in [2.45, 2.75) is 50.9 Å². The number of hydrogen-bond acceptors (Lipinski definition) is 10. The molecule has 1 aliphatic heterocycles. The Labute approximate surface area is 283 Å². The largest absolute Gasteiger partial charge is 0.492 e. The van der Waals surface area contributed by atoms with Gasteiger partial charge < -0.3 is 47.1 Å². The van der Waals surface area contributed by atoms with Gasteiger partial charge in [0, 0.05) is 37.7 Å². The minimum atomic E-state index is -1.31. The molecule has 1 aliphatic rings. The molecule has 0 spiro atoms. The van der Waals surface area contributed by atoms with Crippen molar-refractivity contribution in [1.82, 2.24) is 26.2 Å². The molecule has 4 atom stereocenters. The lowest BCUT2D eigenvalue weighted by molar-refractivity contribution is -0.141. The predicted molar refractivity (Wildman–Crippen MR) is 177 cm³/mol. The molecule has 5 amide bonds. The van der Waals surface area contributed by atoms with Crippen LogP contribution in [-0.2, 0) is 25.6 Å². The summed E-state index contributed by atoms with van der Waals surface area (Å²) in [6, 6.07) is 7.31. The fourth-order valence-corrected chi connectivity index (χ4v) is 5.31. The molecule has 48 heavy (non-hydrogen) atoms. The second-order valence-corrected chi connectivity index (χ2v) is 11.3. The van der Waals surface area contributed by atoms with E-state index in [2.05, 4.69) is 21.3 Å². The van der Waals surface area contributed by atoms with Crippen molar-refractivity contribution >= 4 is 40.6 Å². The van der Waals surface area contributed by atoms with E-state index in [1.807, 2.05) is 6.07 Å². The second kappa shape index (κ2) is 17.9. The van der Waals surface area contributed by atoms with E-state index in [-0.39, 0.29) is 45.7 Å². The number of benzene rings is 2. The van der Waals surface area contributed by atoms with Crippen molar-refractivity contribution in [2.75, 3.05) is 39.9 Å². The highest BCUT2D eigenvalue weighted by Gasteiger charge is 2.35. The summed E-state index contributed by atoms with van der Waals surface area (Å²) >= 11 is 5.53. The molecule has 16 heteroatoms. The zero-order valence-electron chi connectivity index (χ0n) is 27.0. The number of nitrogens with one attached hydrogen (secondary N) is 4. The van der Waals surface area contributed by atoms with Crippen LogP contribution >= 0.6 is 11.6 Å². The smallest absolute Gasteiger partial charge is 0.314 e. The molecular formula is C32H41ClN8O7. The quantitative estimate of drug-likeness (QED) is 0.103. The van der Waals surface area contributed by atoms with Gasteiger partial charge in [0.2, 0.25) is 23.6 Å². The number of halogens is 1. The number of rotatable bonds is 12. The predicted octanol–water partition coefficient (Wildman–Crippen LogP) is 0.440. The van der Waals surface area contributed by atoms with E-state index in [0.717, 1.165) is 4.90 Å². The Morgan fingerprint density at radius 3 is 2.25 bits per heavy atom. The molecule has 2 aromatic rings. The lowest BCUT2D eigenvalue weighted by Gasteiger charge is -2.32. The van der Waals surface area contributed by atoms with E-state index < -0.39 is 53.2 Å². The van der Waals surface area contributed by atoms with Crippen molar-refractivity contribution in [3.8, 4) is 28.7 Å². The average molecular weight is 685 g/mol. The fourth-order valence-electron chi connectivity index (χ4n) is 5.18. The van der Waals surface area contributed by atoms with Gasteiger partial charge in [0.15, 0.2) is 0 Å². The summed E-state index contributed by atoms with van der Waals surface area (Å²) in [6.45, 7) is 3.58. The third-order valence-electron chi connectivity index (χ3n) is 7.55. The minimum Gasteiger partial charge on any atom is -0.492 e. The Bertz CT molecular complexity index is 1550. The lowest BCUT2D eigenvalue weighted by Crippen LogP contribution is -2.55. The van der Waals surface area contributed by atoms with Crippen molar-refractivity contribution < 1.29 is 33.4 Å². The molecule has 8 N–H and O–H groups in total. The van der Waals surface area contributed by atoms with Gasteiger partial charge in [0.1, 0.15) is 55.4 Å². The summed E-state index contributed by atoms with van der Waals surface area (Å²) in [5.41, 5.74) is 13.4. The number of hydrogen-bond donors (Lipinski definition) is 6. The van der Waals surface area contributed by atoms with Crippen LogP contribution in [0.25, 0.3) is 11.1 Å². The topological polar surface area (TPSA) is 231 Å². The van der Waals surface area contributed by atoms with Crippen molar-refractivity contribution in [3.63, 3.8) is 0 Å². The van der Waals surface area contributed by atoms with Gasteiger partial charge in [-0.05, 0) is 60.3 Å². The number of fused-ring (bicyclic) bond motifs is 5. The summed E-state index contributed by atoms with van der Waals surface area (Å²) in [5.74, 6) is -1.82. The van der Waals surface area contributed by atoms with Gasteiger partial charge in [-0.3, -0.25) is 24.0 Å². The molecular weight excluding hydrogens is 644 g/mol. The van der Waals surface area contributed by atoms with E-state index in [9.17, 15) is 24.0 Å². The van der Waals surface area contributed by atoms with Gasteiger partial charge in [-0.2, -0.15) is 5.26 Å². The Hall–Kier alpha value is -4.91. The number of nitriles is 1. The SMILES string of the molecule is CC[C@H](NC(=O)Cl)C(=O)N(C)[C@@H]1C(=O)N[C@@H](C)C(=O)N[C@H](C(=O)NCC#N)Cc2ccc(OCCN)c(c2)-c2cc1ccc2OCCN. The van der Waals surface area contributed by atoms with Crippen molar-refractivity contribution in [3.05, 3.63) is 47.5 Å². The number of amides is 5.